The van der Waals surface area contributed by atoms with Gasteiger partial charge in [-0.15, -0.1) is 10.2 Å². The molecule has 0 aliphatic heterocycles. The molecular formula is C19H21N3S. The van der Waals surface area contributed by atoms with Crippen molar-refractivity contribution in [3.05, 3.63) is 71.5 Å². The summed E-state index contributed by atoms with van der Waals surface area (Å²) in [6, 6.07) is 18.9. The second-order valence-electron chi connectivity index (χ2n) is 5.94. The Labute approximate surface area is 141 Å². The zero-order valence-corrected chi connectivity index (χ0v) is 14.5. The zero-order valence-electron chi connectivity index (χ0n) is 13.7. The minimum atomic E-state index is 0.330. The highest BCUT2D eigenvalue weighted by Crippen LogP contribution is 2.28. The van der Waals surface area contributed by atoms with Gasteiger partial charge in [0, 0.05) is 17.4 Å². The normalized spacial score (nSPS) is 11.1. The standard InChI is InChI=1S/C19H21N3S/c1-14(2)18-20-21-19(22(18)17-10-5-4-6-11-17)23-13-16-9-7-8-15(3)12-16/h4-12,14H,13H2,1-3H3. The van der Waals surface area contributed by atoms with E-state index in [1.54, 1.807) is 11.8 Å². The van der Waals surface area contributed by atoms with Gasteiger partial charge in [0.15, 0.2) is 5.16 Å². The quantitative estimate of drug-likeness (QED) is 0.620. The topological polar surface area (TPSA) is 30.7 Å². The minimum Gasteiger partial charge on any atom is -0.274 e. The number of hydrogen-bond donors (Lipinski definition) is 0. The van der Waals surface area contributed by atoms with Gasteiger partial charge < -0.3 is 0 Å². The van der Waals surface area contributed by atoms with E-state index in [4.69, 9.17) is 0 Å². The van der Waals surface area contributed by atoms with E-state index in [0.29, 0.717) is 5.92 Å². The molecule has 3 nitrogen and oxygen atoms in total. The summed E-state index contributed by atoms with van der Waals surface area (Å²) in [6.45, 7) is 6.43. The van der Waals surface area contributed by atoms with Crippen molar-refractivity contribution in [3.63, 3.8) is 0 Å². The molecule has 3 aromatic rings. The maximum Gasteiger partial charge on any atom is 0.196 e. The number of thioether (sulfide) groups is 1. The summed E-state index contributed by atoms with van der Waals surface area (Å²) in [5, 5.41) is 9.79. The Hall–Kier alpha value is -2.07. The van der Waals surface area contributed by atoms with Crippen LogP contribution in [0.4, 0.5) is 0 Å². The fourth-order valence-electron chi connectivity index (χ4n) is 2.52. The van der Waals surface area contributed by atoms with Crippen molar-refractivity contribution in [1.29, 1.82) is 0 Å². The highest BCUT2D eigenvalue weighted by molar-refractivity contribution is 7.98. The van der Waals surface area contributed by atoms with E-state index in [1.165, 1.54) is 11.1 Å². The molecule has 0 amide bonds. The highest BCUT2D eigenvalue weighted by Gasteiger charge is 2.16. The molecule has 0 N–H and O–H groups in total. The van der Waals surface area contributed by atoms with Crippen LogP contribution in [0.5, 0.6) is 0 Å². The van der Waals surface area contributed by atoms with Crippen molar-refractivity contribution < 1.29 is 0 Å². The van der Waals surface area contributed by atoms with Crippen LogP contribution in [0.15, 0.2) is 59.8 Å². The van der Waals surface area contributed by atoms with Gasteiger partial charge >= 0.3 is 0 Å². The number of aromatic nitrogens is 3. The number of aryl methyl sites for hydroxylation is 1. The van der Waals surface area contributed by atoms with Crippen molar-refractivity contribution in [2.45, 2.75) is 37.6 Å². The first-order valence-electron chi connectivity index (χ1n) is 7.84. The molecular weight excluding hydrogens is 302 g/mol. The molecule has 0 atom stereocenters. The first-order valence-corrected chi connectivity index (χ1v) is 8.83. The van der Waals surface area contributed by atoms with Gasteiger partial charge in [-0.25, -0.2) is 0 Å². The molecule has 0 saturated heterocycles. The molecule has 0 aliphatic rings. The predicted octanol–water partition coefficient (Wildman–Crippen LogP) is 4.99. The SMILES string of the molecule is Cc1cccc(CSc2nnc(C(C)C)n2-c2ccccc2)c1. The summed E-state index contributed by atoms with van der Waals surface area (Å²) in [6.07, 6.45) is 0. The van der Waals surface area contributed by atoms with Crippen LogP contribution in [0, 0.1) is 6.92 Å². The fourth-order valence-corrected chi connectivity index (χ4v) is 3.42. The summed E-state index contributed by atoms with van der Waals surface area (Å²) >= 11 is 1.73. The monoisotopic (exact) mass is 323 g/mol. The molecule has 0 aliphatic carbocycles. The summed E-state index contributed by atoms with van der Waals surface area (Å²) < 4.78 is 2.17. The molecule has 0 bridgehead atoms. The number of para-hydroxylation sites is 1. The van der Waals surface area contributed by atoms with Crippen LogP contribution in [0.3, 0.4) is 0 Å². The number of nitrogens with zero attached hydrogens (tertiary/aromatic N) is 3. The Balaban J connectivity index is 1.90. The number of benzene rings is 2. The Morgan fingerprint density at radius 1 is 1.00 bits per heavy atom. The van der Waals surface area contributed by atoms with E-state index in [1.807, 2.05) is 6.07 Å². The minimum absolute atomic E-state index is 0.330. The molecule has 0 radical (unpaired) electrons. The van der Waals surface area contributed by atoms with Crippen LogP contribution in [0.25, 0.3) is 5.69 Å². The molecule has 4 heteroatoms. The summed E-state index contributed by atoms with van der Waals surface area (Å²) in [4.78, 5) is 0. The van der Waals surface area contributed by atoms with Gasteiger partial charge in [-0.05, 0) is 24.6 Å². The van der Waals surface area contributed by atoms with Crippen LogP contribution in [0.1, 0.15) is 36.7 Å². The fraction of sp³-hybridized carbons (Fsp3) is 0.263. The van der Waals surface area contributed by atoms with E-state index >= 15 is 0 Å². The van der Waals surface area contributed by atoms with Gasteiger partial charge in [0.25, 0.3) is 0 Å². The van der Waals surface area contributed by atoms with Crippen LogP contribution >= 0.6 is 11.8 Å². The summed E-state index contributed by atoms with van der Waals surface area (Å²) in [5.74, 6) is 2.23. The van der Waals surface area contributed by atoms with E-state index < -0.39 is 0 Å². The molecule has 0 saturated carbocycles. The van der Waals surface area contributed by atoms with Crippen LogP contribution in [-0.4, -0.2) is 14.8 Å². The maximum atomic E-state index is 4.43. The van der Waals surface area contributed by atoms with Gasteiger partial charge in [-0.3, -0.25) is 4.57 Å². The molecule has 3 rings (SSSR count). The van der Waals surface area contributed by atoms with Gasteiger partial charge in [-0.1, -0.05) is 73.6 Å². The lowest BCUT2D eigenvalue weighted by Gasteiger charge is -2.12. The van der Waals surface area contributed by atoms with Gasteiger partial charge in [0.2, 0.25) is 0 Å². The third kappa shape index (κ3) is 3.64. The lowest BCUT2D eigenvalue weighted by atomic mass is 10.2. The molecule has 118 valence electrons. The van der Waals surface area contributed by atoms with Crippen LogP contribution in [-0.2, 0) is 5.75 Å². The van der Waals surface area contributed by atoms with E-state index in [0.717, 1.165) is 22.4 Å². The molecule has 23 heavy (non-hydrogen) atoms. The lowest BCUT2D eigenvalue weighted by molar-refractivity contribution is 0.732. The molecule has 0 unspecified atom stereocenters. The van der Waals surface area contributed by atoms with Gasteiger partial charge in [0.1, 0.15) is 5.82 Å². The average Bonchev–Trinajstić information content (AvgIpc) is 2.98. The predicted molar refractivity (Wildman–Crippen MR) is 96.2 cm³/mol. The molecule has 0 fully saturated rings. The molecule has 1 aromatic heterocycles. The van der Waals surface area contributed by atoms with Crippen LogP contribution < -0.4 is 0 Å². The number of hydrogen-bond acceptors (Lipinski definition) is 3. The molecule has 1 heterocycles. The van der Waals surface area contributed by atoms with E-state index in [2.05, 4.69) is 84.1 Å². The average molecular weight is 323 g/mol. The van der Waals surface area contributed by atoms with Gasteiger partial charge in [-0.2, -0.15) is 0 Å². The van der Waals surface area contributed by atoms with Crippen molar-refractivity contribution in [2.75, 3.05) is 0 Å². The Morgan fingerprint density at radius 3 is 2.48 bits per heavy atom. The van der Waals surface area contributed by atoms with Crippen molar-refractivity contribution in [2.24, 2.45) is 0 Å². The number of rotatable bonds is 5. The Bertz CT molecular complexity index is 778. The first kappa shape index (κ1) is 15.8. The van der Waals surface area contributed by atoms with Crippen molar-refractivity contribution in [1.82, 2.24) is 14.8 Å². The molecule has 0 spiro atoms. The van der Waals surface area contributed by atoms with Crippen LogP contribution in [0.2, 0.25) is 0 Å². The summed E-state index contributed by atoms with van der Waals surface area (Å²) in [7, 11) is 0. The third-order valence-corrected chi connectivity index (χ3v) is 4.64. The zero-order chi connectivity index (χ0) is 16.2. The lowest BCUT2D eigenvalue weighted by Crippen LogP contribution is -2.04. The Kier molecular flexibility index (Phi) is 4.82. The second kappa shape index (κ2) is 7.01. The summed E-state index contributed by atoms with van der Waals surface area (Å²) in [5.41, 5.74) is 3.71. The largest absolute Gasteiger partial charge is 0.274 e. The molecule has 2 aromatic carbocycles. The smallest absolute Gasteiger partial charge is 0.196 e. The maximum absolute atomic E-state index is 4.43. The highest BCUT2D eigenvalue weighted by atomic mass is 32.2. The Morgan fingerprint density at radius 2 is 1.78 bits per heavy atom. The van der Waals surface area contributed by atoms with Crippen molar-refractivity contribution in [3.8, 4) is 5.69 Å². The first-order chi connectivity index (χ1) is 11.1. The van der Waals surface area contributed by atoms with Gasteiger partial charge in [0.05, 0.1) is 0 Å². The van der Waals surface area contributed by atoms with E-state index in [-0.39, 0.29) is 0 Å². The van der Waals surface area contributed by atoms with Crippen molar-refractivity contribution >= 4 is 11.8 Å². The van der Waals surface area contributed by atoms with E-state index in [9.17, 15) is 0 Å². The second-order valence-corrected chi connectivity index (χ2v) is 6.89. The third-order valence-electron chi connectivity index (χ3n) is 3.64.